The van der Waals surface area contributed by atoms with Crippen LogP contribution in [0.25, 0.3) is 0 Å². The molecule has 0 spiro atoms. The van der Waals surface area contributed by atoms with E-state index in [2.05, 4.69) is 16.0 Å². The molecule has 0 radical (unpaired) electrons. The molecule has 12 nitrogen and oxygen atoms in total. The Hall–Kier alpha value is -3.16. The number of carboxylic acid groups (broad SMARTS) is 2. The van der Waals surface area contributed by atoms with E-state index >= 15 is 0 Å². The number of nitrogens with two attached hydrogens (primary N) is 2. The van der Waals surface area contributed by atoms with Gasteiger partial charge in [0.2, 0.25) is 17.7 Å². The molecule has 0 aliphatic heterocycles. The average molecular weight is 554 g/mol. The van der Waals surface area contributed by atoms with Crippen LogP contribution in [-0.4, -0.2) is 82.6 Å². The Labute approximate surface area is 226 Å². The lowest BCUT2D eigenvalue weighted by Crippen LogP contribution is -2.57. The van der Waals surface area contributed by atoms with E-state index in [9.17, 15) is 29.1 Å². The van der Waals surface area contributed by atoms with Gasteiger partial charge in [0.1, 0.15) is 18.1 Å². The van der Waals surface area contributed by atoms with Crippen molar-refractivity contribution in [3.8, 4) is 0 Å². The highest BCUT2D eigenvalue weighted by Crippen LogP contribution is 2.08. The highest BCUT2D eigenvalue weighted by Gasteiger charge is 2.30. The van der Waals surface area contributed by atoms with Crippen molar-refractivity contribution < 1.29 is 34.2 Å². The number of carbonyl (C=O) groups is 5. The van der Waals surface area contributed by atoms with Gasteiger partial charge in [-0.2, -0.15) is 11.8 Å². The third-order valence-corrected chi connectivity index (χ3v) is 6.37. The maximum absolute atomic E-state index is 13.1. The summed E-state index contributed by atoms with van der Waals surface area (Å²) in [5.74, 6) is -3.86. The predicted octanol–water partition coefficient (Wildman–Crippen LogP) is -0.158. The molecule has 9 N–H and O–H groups in total. The Balaban J connectivity index is 3.01. The zero-order valence-electron chi connectivity index (χ0n) is 21.6. The minimum atomic E-state index is -1.25. The monoisotopic (exact) mass is 553 g/mol. The van der Waals surface area contributed by atoms with E-state index in [1.807, 2.05) is 6.26 Å². The van der Waals surface area contributed by atoms with Gasteiger partial charge in [0, 0.05) is 12.8 Å². The van der Waals surface area contributed by atoms with Gasteiger partial charge >= 0.3 is 11.9 Å². The number of aliphatic carboxylic acids is 2. The van der Waals surface area contributed by atoms with Crippen LogP contribution in [-0.2, 0) is 30.4 Å². The van der Waals surface area contributed by atoms with Crippen LogP contribution in [0.2, 0.25) is 0 Å². The van der Waals surface area contributed by atoms with Crippen molar-refractivity contribution in [2.24, 2.45) is 11.5 Å². The van der Waals surface area contributed by atoms with Crippen LogP contribution >= 0.6 is 11.8 Å². The van der Waals surface area contributed by atoms with Gasteiger partial charge in [0.15, 0.2) is 0 Å². The summed E-state index contributed by atoms with van der Waals surface area (Å²) >= 11 is 1.50. The van der Waals surface area contributed by atoms with Gasteiger partial charge in [-0.3, -0.25) is 19.2 Å². The molecule has 1 aromatic rings. The molecule has 38 heavy (non-hydrogen) atoms. The standard InChI is InChI=1S/C25H39N5O7S/c1-38-14-12-17(27)22(33)28-19(10-11-21(31)32)24(35)29-18(9-5-6-13-26)23(34)30-20(25(36)37)15-16-7-3-2-4-8-16/h2-4,7-8,17-20H,5-6,9-15,26-27H2,1H3,(H,28,33)(H,29,35)(H,30,34)(H,31,32)(H,36,37). The Morgan fingerprint density at radius 1 is 0.842 bits per heavy atom. The zero-order chi connectivity index (χ0) is 28.5. The maximum Gasteiger partial charge on any atom is 0.326 e. The van der Waals surface area contributed by atoms with Gasteiger partial charge < -0.3 is 37.6 Å². The van der Waals surface area contributed by atoms with Crippen LogP contribution in [0.15, 0.2) is 30.3 Å². The summed E-state index contributed by atoms with van der Waals surface area (Å²) in [5, 5.41) is 26.3. The van der Waals surface area contributed by atoms with E-state index in [4.69, 9.17) is 16.6 Å². The van der Waals surface area contributed by atoms with Crippen LogP contribution in [0.1, 0.15) is 44.1 Å². The van der Waals surface area contributed by atoms with E-state index in [0.717, 1.165) is 0 Å². The summed E-state index contributed by atoms with van der Waals surface area (Å²) in [7, 11) is 0. The molecule has 4 unspecified atom stereocenters. The molecule has 212 valence electrons. The average Bonchev–Trinajstić information content (AvgIpc) is 2.88. The third-order valence-electron chi connectivity index (χ3n) is 5.73. The summed E-state index contributed by atoms with van der Waals surface area (Å²) in [4.78, 5) is 61.6. The molecule has 0 saturated carbocycles. The minimum Gasteiger partial charge on any atom is -0.481 e. The van der Waals surface area contributed by atoms with Gasteiger partial charge in [0.05, 0.1) is 6.04 Å². The number of benzene rings is 1. The number of amides is 3. The zero-order valence-corrected chi connectivity index (χ0v) is 22.4. The molecule has 0 aliphatic carbocycles. The summed E-state index contributed by atoms with van der Waals surface area (Å²) in [5.41, 5.74) is 12.1. The van der Waals surface area contributed by atoms with Crippen molar-refractivity contribution in [2.45, 2.75) is 69.1 Å². The molecule has 0 heterocycles. The molecule has 0 aliphatic rings. The maximum atomic E-state index is 13.1. The van der Waals surface area contributed by atoms with Crippen LogP contribution in [0.5, 0.6) is 0 Å². The Morgan fingerprint density at radius 3 is 1.97 bits per heavy atom. The smallest absolute Gasteiger partial charge is 0.326 e. The number of thioether (sulfide) groups is 1. The number of rotatable bonds is 19. The number of nitrogens with one attached hydrogen (secondary N) is 3. The van der Waals surface area contributed by atoms with Gasteiger partial charge in [0.25, 0.3) is 0 Å². The molecular weight excluding hydrogens is 514 g/mol. The van der Waals surface area contributed by atoms with E-state index in [0.29, 0.717) is 37.1 Å². The molecule has 0 bridgehead atoms. The number of carbonyl (C=O) groups excluding carboxylic acids is 3. The first-order chi connectivity index (χ1) is 18.1. The number of carboxylic acids is 2. The fraction of sp³-hybridized carbons (Fsp3) is 0.560. The lowest BCUT2D eigenvalue weighted by molar-refractivity contribution is -0.142. The van der Waals surface area contributed by atoms with E-state index < -0.39 is 60.2 Å². The fourth-order valence-electron chi connectivity index (χ4n) is 3.55. The molecule has 13 heteroatoms. The normalized spacial score (nSPS) is 14.0. The molecule has 1 rings (SSSR count). The van der Waals surface area contributed by atoms with Gasteiger partial charge in [-0.25, -0.2) is 4.79 Å². The second-order valence-corrected chi connectivity index (χ2v) is 9.80. The fourth-order valence-corrected chi connectivity index (χ4v) is 4.04. The number of hydrogen-bond acceptors (Lipinski definition) is 8. The minimum absolute atomic E-state index is 0.0383. The van der Waals surface area contributed by atoms with E-state index in [1.54, 1.807) is 30.3 Å². The molecule has 4 atom stereocenters. The SMILES string of the molecule is CSCCC(N)C(=O)NC(CCC(=O)O)C(=O)NC(CCCCN)C(=O)NC(Cc1ccccc1)C(=O)O. The molecule has 3 amide bonds. The van der Waals surface area contributed by atoms with Crippen molar-refractivity contribution >= 4 is 41.4 Å². The Bertz CT molecular complexity index is 919. The lowest BCUT2D eigenvalue weighted by atomic mass is 10.0. The molecule has 0 saturated heterocycles. The van der Waals surface area contributed by atoms with E-state index in [1.165, 1.54) is 11.8 Å². The van der Waals surface area contributed by atoms with Crippen LogP contribution in [0.4, 0.5) is 0 Å². The Kier molecular flexibility index (Phi) is 15.7. The first-order valence-electron chi connectivity index (χ1n) is 12.4. The van der Waals surface area contributed by atoms with Crippen LogP contribution in [0.3, 0.4) is 0 Å². The van der Waals surface area contributed by atoms with E-state index in [-0.39, 0.29) is 19.3 Å². The lowest BCUT2D eigenvalue weighted by Gasteiger charge is -2.25. The Morgan fingerprint density at radius 2 is 1.42 bits per heavy atom. The molecule has 0 fully saturated rings. The van der Waals surface area contributed by atoms with Crippen molar-refractivity contribution in [1.29, 1.82) is 0 Å². The second kappa shape index (κ2) is 18.2. The first kappa shape index (κ1) is 32.9. The first-order valence-corrected chi connectivity index (χ1v) is 13.8. The van der Waals surface area contributed by atoms with Crippen LogP contribution in [0, 0.1) is 0 Å². The highest BCUT2D eigenvalue weighted by atomic mass is 32.2. The van der Waals surface area contributed by atoms with Crippen molar-refractivity contribution in [3.05, 3.63) is 35.9 Å². The molecular formula is C25H39N5O7S. The summed E-state index contributed by atoms with van der Waals surface area (Å²) in [6.45, 7) is 0.360. The molecule has 0 aromatic heterocycles. The van der Waals surface area contributed by atoms with Crippen molar-refractivity contribution in [1.82, 2.24) is 16.0 Å². The van der Waals surface area contributed by atoms with Crippen molar-refractivity contribution in [2.75, 3.05) is 18.6 Å². The summed E-state index contributed by atoms with van der Waals surface area (Å²) in [6, 6.07) is 4.27. The van der Waals surface area contributed by atoms with Gasteiger partial charge in [-0.15, -0.1) is 0 Å². The quantitative estimate of drug-likeness (QED) is 0.112. The third kappa shape index (κ3) is 12.9. The van der Waals surface area contributed by atoms with Crippen molar-refractivity contribution in [3.63, 3.8) is 0 Å². The number of unbranched alkanes of at least 4 members (excludes halogenated alkanes) is 1. The van der Waals surface area contributed by atoms with Crippen LogP contribution < -0.4 is 27.4 Å². The molecule has 1 aromatic carbocycles. The highest BCUT2D eigenvalue weighted by molar-refractivity contribution is 7.98. The summed E-state index contributed by atoms with van der Waals surface area (Å²) < 4.78 is 0. The summed E-state index contributed by atoms with van der Waals surface area (Å²) in [6.07, 6.45) is 2.84. The number of hydrogen-bond donors (Lipinski definition) is 7. The largest absolute Gasteiger partial charge is 0.481 e. The second-order valence-electron chi connectivity index (χ2n) is 8.82. The van der Waals surface area contributed by atoms with Gasteiger partial charge in [-0.1, -0.05) is 30.3 Å². The predicted molar refractivity (Wildman–Crippen MR) is 144 cm³/mol. The van der Waals surface area contributed by atoms with Gasteiger partial charge in [-0.05, 0) is 56.2 Å². The topological polar surface area (TPSA) is 214 Å².